The summed E-state index contributed by atoms with van der Waals surface area (Å²) in [5.74, 6) is -0.950. The molecule has 0 saturated carbocycles. The molecule has 1 atom stereocenters. The fraction of sp³-hybridized carbons (Fsp3) is 0.333. The van der Waals surface area contributed by atoms with Crippen molar-refractivity contribution in [1.29, 1.82) is 0 Å². The number of amides is 1. The van der Waals surface area contributed by atoms with Crippen LogP contribution < -0.4 is 14.8 Å². The van der Waals surface area contributed by atoms with E-state index in [1.807, 2.05) is 0 Å². The van der Waals surface area contributed by atoms with E-state index < -0.39 is 17.9 Å². The lowest BCUT2D eigenvalue weighted by atomic mass is 10.1. The van der Waals surface area contributed by atoms with Crippen LogP contribution in [-0.2, 0) is 4.79 Å². The molecule has 0 aliphatic carbocycles. The molecule has 98 valence electrons. The van der Waals surface area contributed by atoms with Crippen LogP contribution >= 0.6 is 0 Å². The summed E-state index contributed by atoms with van der Waals surface area (Å²) >= 11 is 0. The number of hydrogen-bond donors (Lipinski definition) is 2. The van der Waals surface area contributed by atoms with Gasteiger partial charge in [-0.05, 0) is 19.1 Å². The van der Waals surface area contributed by atoms with E-state index in [2.05, 4.69) is 5.32 Å². The first kappa shape index (κ1) is 13.8. The predicted molar refractivity (Wildman–Crippen MR) is 64.1 cm³/mol. The molecular formula is C12H15NO5. The third-order valence-corrected chi connectivity index (χ3v) is 2.37. The molecule has 0 saturated heterocycles. The normalized spacial score (nSPS) is 11.5. The van der Waals surface area contributed by atoms with Crippen molar-refractivity contribution in [3.05, 3.63) is 23.8 Å². The zero-order valence-electron chi connectivity index (χ0n) is 10.4. The van der Waals surface area contributed by atoms with E-state index in [1.54, 1.807) is 12.1 Å². The number of carbonyl (C=O) groups is 2. The second-order valence-electron chi connectivity index (χ2n) is 3.57. The van der Waals surface area contributed by atoms with Crippen LogP contribution in [0, 0.1) is 0 Å². The minimum Gasteiger partial charge on any atom is -0.493 e. The van der Waals surface area contributed by atoms with Gasteiger partial charge in [0, 0.05) is 0 Å². The first-order chi connectivity index (χ1) is 8.51. The summed E-state index contributed by atoms with van der Waals surface area (Å²) in [4.78, 5) is 22.6. The van der Waals surface area contributed by atoms with Gasteiger partial charge in [-0.3, -0.25) is 9.59 Å². The summed E-state index contributed by atoms with van der Waals surface area (Å²) in [5.41, 5.74) is 0.227. The highest BCUT2D eigenvalue weighted by atomic mass is 16.5. The van der Waals surface area contributed by atoms with Crippen molar-refractivity contribution in [2.24, 2.45) is 0 Å². The van der Waals surface area contributed by atoms with Crippen LogP contribution in [0.1, 0.15) is 17.3 Å². The number of carboxylic acids is 1. The number of ether oxygens (including phenoxy) is 2. The number of aliphatic carboxylic acids is 1. The van der Waals surface area contributed by atoms with Gasteiger partial charge in [-0.15, -0.1) is 0 Å². The number of nitrogens with one attached hydrogen (secondary N) is 1. The van der Waals surface area contributed by atoms with E-state index in [1.165, 1.54) is 27.2 Å². The molecule has 0 spiro atoms. The smallest absolute Gasteiger partial charge is 0.325 e. The number of benzene rings is 1. The molecule has 6 nitrogen and oxygen atoms in total. The Kier molecular flexibility index (Phi) is 4.53. The maximum absolute atomic E-state index is 11.9. The Morgan fingerprint density at radius 3 is 2.44 bits per heavy atom. The average molecular weight is 253 g/mol. The molecule has 1 unspecified atom stereocenters. The van der Waals surface area contributed by atoms with Gasteiger partial charge in [-0.1, -0.05) is 6.07 Å². The largest absolute Gasteiger partial charge is 0.493 e. The number of hydrogen-bond acceptors (Lipinski definition) is 4. The van der Waals surface area contributed by atoms with Gasteiger partial charge in [0.15, 0.2) is 11.5 Å². The maximum Gasteiger partial charge on any atom is 0.325 e. The Balaban J connectivity index is 3.02. The Hall–Kier alpha value is -2.24. The molecule has 0 fully saturated rings. The summed E-state index contributed by atoms with van der Waals surface area (Å²) < 4.78 is 10.2. The predicted octanol–water partition coefficient (Wildman–Crippen LogP) is 0.907. The molecule has 1 rings (SSSR count). The topological polar surface area (TPSA) is 84.9 Å². The lowest BCUT2D eigenvalue weighted by Crippen LogP contribution is -2.38. The van der Waals surface area contributed by atoms with Gasteiger partial charge in [0.25, 0.3) is 5.91 Å². The second-order valence-corrected chi connectivity index (χ2v) is 3.57. The van der Waals surface area contributed by atoms with Crippen LogP contribution in [0.25, 0.3) is 0 Å². The standard InChI is InChI=1S/C12H15NO5/c1-7(12(15)16)13-11(14)8-5-4-6-9(17-2)10(8)18-3/h4-7H,1-3H3,(H,13,14)(H,15,16). The van der Waals surface area contributed by atoms with Crippen molar-refractivity contribution >= 4 is 11.9 Å². The van der Waals surface area contributed by atoms with Gasteiger partial charge in [0.2, 0.25) is 0 Å². The van der Waals surface area contributed by atoms with Crippen LogP contribution in [0.3, 0.4) is 0 Å². The van der Waals surface area contributed by atoms with Gasteiger partial charge < -0.3 is 19.9 Å². The van der Waals surface area contributed by atoms with Crippen molar-refractivity contribution in [3.63, 3.8) is 0 Å². The Labute approximate surface area is 105 Å². The first-order valence-corrected chi connectivity index (χ1v) is 5.26. The molecule has 1 aromatic carbocycles. The van der Waals surface area contributed by atoms with Crippen LogP contribution in [0.2, 0.25) is 0 Å². The van der Waals surface area contributed by atoms with Crippen molar-refractivity contribution in [3.8, 4) is 11.5 Å². The van der Waals surface area contributed by atoms with E-state index in [0.29, 0.717) is 5.75 Å². The second kappa shape index (κ2) is 5.90. The van der Waals surface area contributed by atoms with Crippen LogP contribution in [0.5, 0.6) is 11.5 Å². The quantitative estimate of drug-likeness (QED) is 0.814. The van der Waals surface area contributed by atoms with Gasteiger partial charge >= 0.3 is 5.97 Å². The van der Waals surface area contributed by atoms with E-state index in [9.17, 15) is 9.59 Å². The first-order valence-electron chi connectivity index (χ1n) is 5.26. The highest BCUT2D eigenvalue weighted by molar-refractivity contribution is 5.99. The third-order valence-electron chi connectivity index (χ3n) is 2.37. The van der Waals surface area contributed by atoms with Crippen molar-refractivity contribution in [1.82, 2.24) is 5.32 Å². The van der Waals surface area contributed by atoms with Crippen molar-refractivity contribution in [2.75, 3.05) is 14.2 Å². The fourth-order valence-electron chi connectivity index (χ4n) is 1.40. The highest BCUT2D eigenvalue weighted by Gasteiger charge is 2.20. The summed E-state index contributed by atoms with van der Waals surface area (Å²) in [6.45, 7) is 1.38. The molecule has 1 amide bonds. The monoisotopic (exact) mass is 253 g/mol. The SMILES string of the molecule is COc1cccc(C(=O)NC(C)C(=O)O)c1OC. The number of para-hydroxylation sites is 1. The van der Waals surface area contributed by atoms with Crippen LogP contribution in [0.15, 0.2) is 18.2 Å². The van der Waals surface area contributed by atoms with E-state index >= 15 is 0 Å². The molecule has 18 heavy (non-hydrogen) atoms. The van der Waals surface area contributed by atoms with Gasteiger partial charge in [-0.25, -0.2) is 0 Å². The zero-order valence-corrected chi connectivity index (χ0v) is 10.4. The number of carbonyl (C=O) groups excluding carboxylic acids is 1. The van der Waals surface area contributed by atoms with E-state index in [0.717, 1.165) is 0 Å². The van der Waals surface area contributed by atoms with E-state index in [4.69, 9.17) is 14.6 Å². The van der Waals surface area contributed by atoms with E-state index in [-0.39, 0.29) is 11.3 Å². The van der Waals surface area contributed by atoms with Gasteiger partial charge in [-0.2, -0.15) is 0 Å². The zero-order chi connectivity index (χ0) is 13.7. The minimum absolute atomic E-state index is 0.227. The third kappa shape index (κ3) is 2.91. The molecule has 0 bridgehead atoms. The van der Waals surface area contributed by atoms with Gasteiger partial charge in [0.1, 0.15) is 6.04 Å². The lowest BCUT2D eigenvalue weighted by molar-refractivity contribution is -0.138. The summed E-state index contributed by atoms with van der Waals surface area (Å²) in [6, 6.07) is 3.83. The summed E-state index contributed by atoms with van der Waals surface area (Å²) in [5, 5.41) is 11.1. The maximum atomic E-state index is 11.9. The van der Waals surface area contributed by atoms with Crippen LogP contribution in [0.4, 0.5) is 0 Å². The summed E-state index contributed by atoms with van der Waals surface area (Å²) in [7, 11) is 2.87. The van der Waals surface area contributed by atoms with Gasteiger partial charge in [0.05, 0.1) is 19.8 Å². The molecule has 2 N–H and O–H groups in total. The molecule has 0 aliphatic heterocycles. The van der Waals surface area contributed by atoms with Crippen molar-refractivity contribution in [2.45, 2.75) is 13.0 Å². The molecular weight excluding hydrogens is 238 g/mol. The number of carboxylic acid groups (broad SMARTS) is 1. The van der Waals surface area contributed by atoms with Crippen molar-refractivity contribution < 1.29 is 24.2 Å². The molecule has 0 radical (unpaired) electrons. The number of rotatable bonds is 5. The molecule has 6 heteroatoms. The fourth-order valence-corrected chi connectivity index (χ4v) is 1.40. The lowest BCUT2D eigenvalue weighted by Gasteiger charge is -2.14. The minimum atomic E-state index is -1.11. The molecule has 0 aliphatic rings. The Morgan fingerprint density at radius 1 is 1.28 bits per heavy atom. The number of methoxy groups -OCH3 is 2. The Bertz CT molecular complexity index is 458. The molecule has 0 heterocycles. The molecule has 1 aromatic rings. The highest BCUT2D eigenvalue weighted by Crippen LogP contribution is 2.30. The summed E-state index contributed by atoms with van der Waals surface area (Å²) in [6.07, 6.45) is 0. The molecule has 0 aromatic heterocycles. The Morgan fingerprint density at radius 2 is 1.94 bits per heavy atom. The average Bonchev–Trinajstić information content (AvgIpc) is 2.37. The van der Waals surface area contributed by atoms with Crippen LogP contribution in [-0.4, -0.2) is 37.2 Å².